The van der Waals surface area contributed by atoms with E-state index in [9.17, 15) is 4.79 Å². The molecular weight excluding hydrogens is 282 g/mol. The first kappa shape index (κ1) is 14.2. The van der Waals surface area contributed by atoms with E-state index in [0.717, 1.165) is 29.6 Å². The van der Waals surface area contributed by atoms with Crippen LogP contribution in [0.2, 0.25) is 5.02 Å². The molecule has 1 aliphatic rings. The number of nitrogens with zero attached hydrogens (tertiary/aromatic N) is 2. The highest BCUT2D eigenvalue weighted by atomic mass is 35.5. The van der Waals surface area contributed by atoms with E-state index in [1.165, 1.54) is 0 Å². The number of thioether (sulfide) groups is 1. The van der Waals surface area contributed by atoms with Gasteiger partial charge in [0.1, 0.15) is 0 Å². The number of amides is 2. The van der Waals surface area contributed by atoms with Crippen LogP contribution in [0.25, 0.3) is 0 Å². The van der Waals surface area contributed by atoms with Crippen LogP contribution in [0.4, 0.5) is 10.5 Å². The Kier molecular flexibility index (Phi) is 4.71. The Hall–Kier alpha value is -1.20. The van der Waals surface area contributed by atoms with Crippen LogP contribution in [0.3, 0.4) is 0 Å². The van der Waals surface area contributed by atoms with Crippen molar-refractivity contribution < 1.29 is 4.79 Å². The summed E-state index contributed by atoms with van der Waals surface area (Å²) in [6, 6.07) is 5.13. The Labute approximate surface area is 122 Å². The van der Waals surface area contributed by atoms with Gasteiger partial charge in [-0.2, -0.15) is 4.99 Å². The second-order valence-electron chi connectivity index (χ2n) is 4.18. The molecule has 4 nitrogen and oxygen atoms in total. The number of carbonyl (C=O) groups excluding carboxylic acids is 1. The van der Waals surface area contributed by atoms with Crippen molar-refractivity contribution in [1.82, 2.24) is 4.90 Å². The summed E-state index contributed by atoms with van der Waals surface area (Å²) in [5.74, 6) is 0.977. The summed E-state index contributed by atoms with van der Waals surface area (Å²) in [7, 11) is 0. The SMILES string of the molecule is CCN1CCSC1=NC(=O)Nc1c(C)cccc1Cl. The highest BCUT2D eigenvalue weighted by Crippen LogP contribution is 2.25. The largest absolute Gasteiger partial charge is 0.350 e. The maximum atomic E-state index is 11.9. The number of aliphatic imine (C=N–C) groups is 1. The predicted molar refractivity (Wildman–Crippen MR) is 82.3 cm³/mol. The maximum absolute atomic E-state index is 11.9. The number of hydrogen-bond donors (Lipinski definition) is 1. The second kappa shape index (κ2) is 6.30. The molecule has 1 saturated heterocycles. The molecule has 1 fully saturated rings. The third-order valence-electron chi connectivity index (χ3n) is 2.90. The van der Waals surface area contributed by atoms with Crippen molar-refractivity contribution in [3.8, 4) is 0 Å². The molecule has 1 heterocycles. The lowest BCUT2D eigenvalue weighted by Gasteiger charge is -2.14. The summed E-state index contributed by atoms with van der Waals surface area (Å²) in [6.07, 6.45) is 0. The van der Waals surface area contributed by atoms with E-state index >= 15 is 0 Å². The van der Waals surface area contributed by atoms with Crippen molar-refractivity contribution in [2.24, 2.45) is 4.99 Å². The monoisotopic (exact) mass is 297 g/mol. The highest BCUT2D eigenvalue weighted by molar-refractivity contribution is 8.14. The van der Waals surface area contributed by atoms with Crippen molar-refractivity contribution in [2.75, 3.05) is 24.2 Å². The Morgan fingerprint density at radius 1 is 1.58 bits per heavy atom. The molecule has 1 aromatic rings. The molecule has 0 aromatic heterocycles. The molecule has 0 radical (unpaired) electrons. The van der Waals surface area contributed by atoms with Crippen LogP contribution in [0.1, 0.15) is 12.5 Å². The number of benzene rings is 1. The van der Waals surface area contributed by atoms with Crippen LogP contribution < -0.4 is 5.32 Å². The molecule has 102 valence electrons. The Balaban J connectivity index is 2.11. The molecule has 1 N–H and O–H groups in total. The fraction of sp³-hybridized carbons (Fsp3) is 0.385. The van der Waals surface area contributed by atoms with Crippen molar-refractivity contribution >= 4 is 40.2 Å². The van der Waals surface area contributed by atoms with Crippen LogP contribution in [0.5, 0.6) is 0 Å². The van der Waals surface area contributed by atoms with Gasteiger partial charge in [-0.3, -0.25) is 0 Å². The van der Waals surface area contributed by atoms with Gasteiger partial charge in [0, 0.05) is 18.8 Å². The van der Waals surface area contributed by atoms with E-state index in [-0.39, 0.29) is 6.03 Å². The number of para-hydroxylation sites is 1. The average molecular weight is 298 g/mol. The summed E-state index contributed by atoms with van der Waals surface area (Å²) in [6.45, 7) is 5.76. The van der Waals surface area contributed by atoms with E-state index in [1.54, 1.807) is 17.8 Å². The van der Waals surface area contributed by atoms with Crippen molar-refractivity contribution in [1.29, 1.82) is 0 Å². The van der Waals surface area contributed by atoms with Gasteiger partial charge in [-0.1, -0.05) is 35.5 Å². The van der Waals surface area contributed by atoms with Gasteiger partial charge in [-0.15, -0.1) is 0 Å². The van der Waals surface area contributed by atoms with Gasteiger partial charge in [0.15, 0.2) is 5.17 Å². The molecule has 0 atom stereocenters. The third kappa shape index (κ3) is 3.42. The Morgan fingerprint density at radius 2 is 2.37 bits per heavy atom. The summed E-state index contributed by atoms with van der Waals surface area (Å²) < 4.78 is 0. The number of hydrogen-bond acceptors (Lipinski definition) is 2. The molecule has 6 heteroatoms. The normalized spacial score (nSPS) is 17.0. The molecule has 1 aliphatic heterocycles. The minimum absolute atomic E-state index is 0.376. The van der Waals surface area contributed by atoms with Crippen molar-refractivity contribution in [2.45, 2.75) is 13.8 Å². The molecule has 0 saturated carbocycles. The number of amidine groups is 1. The van der Waals surface area contributed by atoms with Crippen LogP contribution in [0, 0.1) is 6.92 Å². The number of rotatable bonds is 2. The van der Waals surface area contributed by atoms with Gasteiger partial charge >= 0.3 is 6.03 Å². The van der Waals surface area contributed by atoms with E-state index < -0.39 is 0 Å². The lowest BCUT2D eigenvalue weighted by atomic mass is 10.2. The smallest absolute Gasteiger partial charge is 0.347 e. The summed E-state index contributed by atoms with van der Waals surface area (Å²) in [5, 5.41) is 4.06. The molecule has 1 aromatic carbocycles. The number of nitrogens with one attached hydrogen (secondary N) is 1. The van der Waals surface area contributed by atoms with Gasteiger partial charge < -0.3 is 10.2 Å². The summed E-state index contributed by atoms with van der Waals surface area (Å²) >= 11 is 7.67. The molecule has 0 spiro atoms. The molecule has 2 rings (SSSR count). The number of aryl methyl sites for hydroxylation is 1. The van der Waals surface area contributed by atoms with Crippen LogP contribution >= 0.6 is 23.4 Å². The van der Waals surface area contributed by atoms with E-state index in [0.29, 0.717) is 10.7 Å². The van der Waals surface area contributed by atoms with Gasteiger partial charge in [0.2, 0.25) is 0 Å². The Morgan fingerprint density at radius 3 is 3.05 bits per heavy atom. The fourth-order valence-corrected chi connectivity index (χ4v) is 3.16. The zero-order valence-corrected chi connectivity index (χ0v) is 12.5. The van der Waals surface area contributed by atoms with Gasteiger partial charge in [0.05, 0.1) is 10.7 Å². The highest BCUT2D eigenvalue weighted by Gasteiger charge is 2.19. The average Bonchev–Trinajstić information content (AvgIpc) is 2.81. The van der Waals surface area contributed by atoms with Gasteiger partial charge in [-0.25, -0.2) is 4.79 Å². The van der Waals surface area contributed by atoms with Gasteiger partial charge in [-0.05, 0) is 25.5 Å². The molecule has 19 heavy (non-hydrogen) atoms. The number of anilines is 1. The van der Waals surface area contributed by atoms with Crippen LogP contribution in [-0.2, 0) is 0 Å². The topological polar surface area (TPSA) is 44.7 Å². The number of urea groups is 1. The standard InChI is InChI=1S/C13H16ClN3OS/c1-3-17-7-8-19-13(17)16-12(18)15-11-9(2)5-4-6-10(11)14/h4-6H,3,7-8H2,1-2H3,(H,15,18). The second-order valence-corrected chi connectivity index (χ2v) is 5.65. The summed E-state index contributed by atoms with van der Waals surface area (Å²) in [4.78, 5) is 18.1. The lowest BCUT2D eigenvalue weighted by Crippen LogP contribution is -2.25. The lowest BCUT2D eigenvalue weighted by molar-refractivity contribution is 0.259. The number of halogens is 1. The van der Waals surface area contributed by atoms with E-state index in [1.807, 2.05) is 19.1 Å². The minimum atomic E-state index is -0.376. The summed E-state index contributed by atoms with van der Waals surface area (Å²) in [5.41, 5.74) is 1.55. The zero-order chi connectivity index (χ0) is 13.8. The first-order valence-corrected chi connectivity index (χ1v) is 7.50. The maximum Gasteiger partial charge on any atom is 0.347 e. The van der Waals surface area contributed by atoms with Crippen LogP contribution in [-0.4, -0.2) is 34.9 Å². The Bertz CT molecular complexity index is 498. The van der Waals surface area contributed by atoms with E-state index in [4.69, 9.17) is 11.6 Å². The van der Waals surface area contributed by atoms with Gasteiger partial charge in [0.25, 0.3) is 0 Å². The molecule has 0 bridgehead atoms. The predicted octanol–water partition coefficient (Wildman–Crippen LogP) is 3.61. The first-order chi connectivity index (χ1) is 9.11. The quantitative estimate of drug-likeness (QED) is 0.907. The molecule has 2 amide bonds. The molecule has 0 unspecified atom stereocenters. The zero-order valence-electron chi connectivity index (χ0n) is 10.9. The minimum Gasteiger partial charge on any atom is -0.350 e. The third-order valence-corrected chi connectivity index (χ3v) is 4.21. The van der Waals surface area contributed by atoms with Crippen LogP contribution in [0.15, 0.2) is 23.2 Å². The molecule has 0 aliphatic carbocycles. The van der Waals surface area contributed by atoms with Crippen molar-refractivity contribution in [3.63, 3.8) is 0 Å². The van der Waals surface area contributed by atoms with E-state index in [2.05, 4.69) is 22.1 Å². The first-order valence-electron chi connectivity index (χ1n) is 6.14. The number of carbonyl (C=O) groups is 1. The molecular formula is C13H16ClN3OS. The fourth-order valence-electron chi connectivity index (χ4n) is 1.84. The van der Waals surface area contributed by atoms with Crippen molar-refractivity contribution in [3.05, 3.63) is 28.8 Å².